The highest BCUT2D eigenvalue weighted by molar-refractivity contribution is 6.30. The number of fused-ring (bicyclic) bond motifs is 1. The number of oxime groups is 1. The molecule has 184 valence electrons. The van der Waals surface area contributed by atoms with Gasteiger partial charge in [-0.2, -0.15) is 0 Å². The Kier molecular flexibility index (Phi) is 4.93. The number of nitrogens with zero attached hydrogens (tertiary/aromatic N) is 1. The number of benzene rings is 1. The lowest BCUT2D eigenvalue weighted by atomic mass is 9.36. The zero-order valence-electron chi connectivity index (χ0n) is 18.1. The van der Waals surface area contributed by atoms with E-state index in [1.807, 2.05) is 0 Å². The zero-order chi connectivity index (χ0) is 23.9. The monoisotopic (exact) mass is 500 g/mol. The number of carbonyl (C=O) groups is 1. The second-order valence-corrected chi connectivity index (χ2v) is 10.9. The maximum absolute atomic E-state index is 12.9. The normalized spacial score (nSPS) is 39.9. The van der Waals surface area contributed by atoms with E-state index in [-0.39, 0.29) is 35.1 Å². The third kappa shape index (κ3) is 3.65. The fourth-order valence-electron chi connectivity index (χ4n) is 6.52. The van der Waals surface area contributed by atoms with Crippen LogP contribution in [0.1, 0.15) is 50.2 Å². The predicted molar refractivity (Wildman–Crippen MR) is 113 cm³/mol. The Morgan fingerprint density at radius 1 is 1.24 bits per heavy atom. The Bertz CT molecular complexity index is 1040. The molecule has 7 nitrogen and oxygen atoms in total. The molecular formula is C23H24ClF3N2O5. The van der Waals surface area contributed by atoms with Crippen LogP contribution in [0.25, 0.3) is 0 Å². The van der Waals surface area contributed by atoms with Crippen LogP contribution in [0.3, 0.4) is 0 Å². The van der Waals surface area contributed by atoms with Gasteiger partial charge in [-0.15, -0.1) is 13.2 Å². The molecule has 6 aliphatic rings. The number of amides is 1. The number of hydrogen-bond donors (Lipinski definition) is 2. The minimum absolute atomic E-state index is 0.00207. The van der Waals surface area contributed by atoms with Crippen molar-refractivity contribution >= 4 is 23.2 Å². The van der Waals surface area contributed by atoms with Gasteiger partial charge in [-0.1, -0.05) is 16.8 Å². The predicted octanol–water partition coefficient (Wildman–Crippen LogP) is 3.88. The standard InChI is InChI=1S/C23H24ClF3N2O5/c24-12-1-2-17-14(5-12)16(30)6-18(33-17)20(31)28-22-8-21(9-22,10-22)19-15(7-32-29-19)11-3-13(4-11)34-23(25,26)27/h1-2,5,11,13,15-16,18,30H,3-4,6-10H2,(H,28,31)/t11?,13?,15-,16+,18-,21?,22?/m0/s1. The first kappa shape index (κ1) is 22.4. The first-order chi connectivity index (χ1) is 16.0. The number of aliphatic hydroxyl groups excluding tert-OH is 1. The highest BCUT2D eigenvalue weighted by Gasteiger charge is 2.72. The number of hydrogen-bond acceptors (Lipinski definition) is 6. The average molecular weight is 501 g/mol. The van der Waals surface area contributed by atoms with E-state index in [1.54, 1.807) is 18.2 Å². The van der Waals surface area contributed by atoms with E-state index in [4.69, 9.17) is 21.2 Å². The van der Waals surface area contributed by atoms with Gasteiger partial charge >= 0.3 is 6.36 Å². The van der Waals surface area contributed by atoms with E-state index < -0.39 is 24.7 Å². The van der Waals surface area contributed by atoms with Gasteiger partial charge in [0.25, 0.3) is 5.91 Å². The lowest BCUT2D eigenvalue weighted by Crippen LogP contribution is -2.78. The molecular weight excluding hydrogens is 477 g/mol. The minimum atomic E-state index is -4.61. The molecule has 2 heterocycles. The van der Waals surface area contributed by atoms with E-state index in [2.05, 4.69) is 15.2 Å². The molecule has 11 heteroatoms. The number of halogens is 4. The van der Waals surface area contributed by atoms with Crippen LogP contribution in [-0.4, -0.2) is 47.4 Å². The van der Waals surface area contributed by atoms with E-state index in [9.17, 15) is 23.1 Å². The van der Waals surface area contributed by atoms with Crippen LogP contribution in [-0.2, 0) is 14.4 Å². The first-order valence-corrected chi connectivity index (χ1v) is 11.8. The summed E-state index contributed by atoms with van der Waals surface area (Å²) >= 11 is 5.99. The molecule has 1 amide bonds. The summed E-state index contributed by atoms with van der Waals surface area (Å²) in [6.45, 7) is 0.386. The van der Waals surface area contributed by atoms with Crippen LogP contribution in [0, 0.1) is 17.3 Å². The van der Waals surface area contributed by atoms with Crippen molar-refractivity contribution in [2.45, 2.75) is 68.7 Å². The minimum Gasteiger partial charge on any atom is -0.480 e. The third-order valence-electron chi connectivity index (χ3n) is 8.06. The second-order valence-electron chi connectivity index (χ2n) is 10.4. The third-order valence-corrected chi connectivity index (χ3v) is 8.30. The molecule has 1 aromatic carbocycles. The number of aliphatic hydroxyl groups is 1. The van der Waals surface area contributed by atoms with Gasteiger partial charge < -0.3 is 20.0 Å². The maximum atomic E-state index is 12.9. The molecule has 4 fully saturated rings. The quantitative estimate of drug-likeness (QED) is 0.640. The van der Waals surface area contributed by atoms with Crippen molar-refractivity contribution in [1.82, 2.24) is 5.32 Å². The Morgan fingerprint density at radius 2 is 1.97 bits per heavy atom. The number of nitrogens with one attached hydrogen (secondary N) is 1. The van der Waals surface area contributed by atoms with E-state index >= 15 is 0 Å². The summed E-state index contributed by atoms with van der Waals surface area (Å²) in [6, 6.07) is 4.94. The molecule has 0 radical (unpaired) electrons. The fraction of sp³-hybridized carbons (Fsp3) is 0.652. The summed E-state index contributed by atoms with van der Waals surface area (Å²) in [5, 5.41) is 18.3. The van der Waals surface area contributed by atoms with Crippen molar-refractivity contribution in [3.63, 3.8) is 0 Å². The van der Waals surface area contributed by atoms with Crippen LogP contribution < -0.4 is 10.1 Å². The van der Waals surface area contributed by atoms with Crippen LogP contribution >= 0.6 is 11.6 Å². The van der Waals surface area contributed by atoms with Crippen LogP contribution in [0.15, 0.2) is 23.4 Å². The first-order valence-electron chi connectivity index (χ1n) is 11.5. The molecule has 4 aliphatic carbocycles. The van der Waals surface area contributed by atoms with Crippen molar-refractivity contribution < 1.29 is 37.4 Å². The summed E-state index contributed by atoms with van der Waals surface area (Å²) in [5.41, 5.74) is 1.02. The SMILES string of the molecule is O=C(NC12CC(C3=NOC[C@H]3C3CC(OC(F)(F)F)C3)(C1)C2)[C@@H]1C[C@@H](O)c2cc(Cl)ccc2O1. The van der Waals surface area contributed by atoms with E-state index in [1.165, 1.54) is 0 Å². The Morgan fingerprint density at radius 3 is 2.68 bits per heavy atom. The zero-order valence-corrected chi connectivity index (χ0v) is 18.9. The summed E-state index contributed by atoms with van der Waals surface area (Å²) in [5.74, 6) is 0.257. The van der Waals surface area contributed by atoms with Gasteiger partial charge in [0.15, 0.2) is 6.10 Å². The van der Waals surface area contributed by atoms with Gasteiger partial charge in [0.1, 0.15) is 12.4 Å². The lowest BCUT2D eigenvalue weighted by molar-refractivity contribution is -0.355. The molecule has 0 spiro atoms. The Balaban J connectivity index is 1.04. The van der Waals surface area contributed by atoms with Crippen molar-refractivity contribution in [2.24, 2.45) is 22.4 Å². The molecule has 2 N–H and O–H groups in total. The average Bonchev–Trinajstić information content (AvgIpc) is 3.14. The molecule has 0 aromatic heterocycles. The highest BCUT2D eigenvalue weighted by atomic mass is 35.5. The topological polar surface area (TPSA) is 89.4 Å². The molecule has 2 bridgehead atoms. The van der Waals surface area contributed by atoms with Gasteiger partial charge in [0.2, 0.25) is 0 Å². The second kappa shape index (κ2) is 7.48. The van der Waals surface area contributed by atoms with Crippen molar-refractivity contribution in [3.8, 4) is 5.75 Å². The smallest absolute Gasteiger partial charge is 0.480 e. The van der Waals surface area contributed by atoms with Crippen molar-refractivity contribution in [2.75, 3.05) is 6.61 Å². The molecule has 34 heavy (non-hydrogen) atoms. The number of carbonyl (C=O) groups excluding carboxylic acids is 1. The number of rotatable bonds is 5. The van der Waals surface area contributed by atoms with Crippen molar-refractivity contribution in [3.05, 3.63) is 28.8 Å². The Labute approximate surface area is 198 Å². The van der Waals surface area contributed by atoms with Gasteiger partial charge in [-0.25, -0.2) is 0 Å². The van der Waals surface area contributed by atoms with Crippen LogP contribution in [0.4, 0.5) is 13.2 Å². The largest absolute Gasteiger partial charge is 0.522 e. The number of ether oxygens (including phenoxy) is 2. The summed E-state index contributed by atoms with van der Waals surface area (Å²) < 4.78 is 47.2. The summed E-state index contributed by atoms with van der Waals surface area (Å²) in [4.78, 5) is 18.3. The van der Waals surface area contributed by atoms with Crippen LogP contribution in [0.5, 0.6) is 5.75 Å². The molecule has 3 atom stereocenters. The fourth-order valence-corrected chi connectivity index (χ4v) is 6.70. The molecule has 1 aromatic rings. The summed E-state index contributed by atoms with van der Waals surface area (Å²) in [7, 11) is 0. The molecule has 7 rings (SSSR count). The van der Waals surface area contributed by atoms with E-state index in [0.717, 1.165) is 25.0 Å². The molecule has 2 aliphatic heterocycles. The van der Waals surface area contributed by atoms with Gasteiger partial charge in [-0.05, 0) is 56.2 Å². The number of alkyl halides is 3. The molecule has 0 saturated heterocycles. The highest BCUT2D eigenvalue weighted by Crippen LogP contribution is 2.69. The van der Waals surface area contributed by atoms with Gasteiger partial charge in [0, 0.05) is 33.9 Å². The van der Waals surface area contributed by atoms with Gasteiger partial charge in [-0.3, -0.25) is 9.53 Å². The summed E-state index contributed by atoms with van der Waals surface area (Å²) in [6.07, 6.45) is -4.03. The maximum Gasteiger partial charge on any atom is 0.522 e. The van der Waals surface area contributed by atoms with Crippen LogP contribution in [0.2, 0.25) is 5.02 Å². The van der Waals surface area contributed by atoms with E-state index in [0.29, 0.717) is 35.8 Å². The Hall–Kier alpha value is -2.04. The molecule has 0 unspecified atom stereocenters. The van der Waals surface area contributed by atoms with Crippen molar-refractivity contribution in [1.29, 1.82) is 0 Å². The lowest BCUT2D eigenvalue weighted by Gasteiger charge is -2.71. The molecule has 4 saturated carbocycles. The van der Waals surface area contributed by atoms with Gasteiger partial charge in [0.05, 0.1) is 17.9 Å².